The molecular weight excluding hydrogens is 643 g/mol. The second-order valence-electron chi connectivity index (χ2n) is 15.3. The molecule has 1 unspecified atom stereocenters. The number of benzene rings is 2. The maximum absolute atomic E-state index is 3.57. The Morgan fingerprint density at radius 3 is 1.79 bits per heavy atom. The van der Waals surface area contributed by atoms with Crippen LogP contribution in [0.3, 0.4) is 0 Å². The molecule has 0 amide bonds. The predicted molar refractivity (Wildman–Crippen MR) is 177 cm³/mol. The van der Waals surface area contributed by atoms with Gasteiger partial charge in [-0.1, -0.05) is 135 Å². The summed E-state index contributed by atoms with van der Waals surface area (Å²) in [5.74, 6) is 0.573. The zero-order valence-electron chi connectivity index (χ0n) is 29.0. The molecule has 0 nitrogen and oxygen atoms in total. The molecule has 2 aromatic carbocycles. The van der Waals surface area contributed by atoms with Crippen LogP contribution in [0.15, 0.2) is 47.6 Å². The van der Waals surface area contributed by atoms with E-state index in [0.29, 0.717) is 11.3 Å². The third-order valence-electron chi connectivity index (χ3n) is 8.64. The summed E-state index contributed by atoms with van der Waals surface area (Å²) >= 11 is 1.69. The quantitative estimate of drug-likeness (QED) is 0.312. The topological polar surface area (TPSA) is 0 Å². The van der Waals surface area contributed by atoms with Gasteiger partial charge in [-0.3, -0.25) is 6.08 Å². The monoisotopic (exact) mass is 696 g/mol. The zero-order valence-corrected chi connectivity index (χ0v) is 32.9. The number of fused-ring (bicyclic) bond motifs is 3. The fraction of sp³-hybridized carbons (Fsp3) is 0.575. The van der Waals surface area contributed by atoms with Crippen molar-refractivity contribution in [2.75, 3.05) is 0 Å². The summed E-state index contributed by atoms with van der Waals surface area (Å²) in [5.41, 5.74) is 12.0. The molecule has 0 aromatic heterocycles. The van der Waals surface area contributed by atoms with Crippen molar-refractivity contribution in [3.63, 3.8) is 0 Å². The van der Waals surface area contributed by atoms with Crippen LogP contribution in [0.4, 0.5) is 0 Å². The second kappa shape index (κ2) is 16.7. The third kappa shape index (κ3) is 11.2. The number of hydrogen-bond donors (Lipinski definition) is 0. The summed E-state index contributed by atoms with van der Waals surface area (Å²) in [6.07, 6.45) is 16.6. The average Bonchev–Trinajstić information content (AvgIpc) is 3.49. The minimum atomic E-state index is 0. The van der Waals surface area contributed by atoms with E-state index >= 15 is 0 Å². The molecule has 1 saturated carbocycles. The van der Waals surface area contributed by atoms with Crippen molar-refractivity contribution >= 4 is 3.21 Å². The van der Waals surface area contributed by atoms with E-state index in [0.717, 1.165) is 12.8 Å². The van der Waals surface area contributed by atoms with E-state index in [1.54, 1.807) is 27.4 Å². The molecule has 1 atom stereocenters. The van der Waals surface area contributed by atoms with E-state index in [9.17, 15) is 0 Å². The van der Waals surface area contributed by atoms with E-state index in [2.05, 4.69) is 125 Å². The maximum atomic E-state index is 3.57. The summed E-state index contributed by atoms with van der Waals surface area (Å²) < 4.78 is 1.80. The van der Waals surface area contributed by atoms with Gasteiger partial charge in [-0.25, -0.2) is 5.57 Å². The van der Waals surface area contributed by atoms with Gasteiger partial charge >= 0.3 is 59.5 Å². The normalized spacial score (nSPS) is 17.5. The summed E-state index contributed by atoms with van der Waals surface area (Å²) in [6.45, 7) is 25.0. The molecule has 236 valence electrons. The van der Waals surface area contributed by atoms with E-state index < -0.39 is 0 Å². The number of allylic oxidation sites excluding steroid dienone is 4. The van der Waals surface area contributed by atoms with Crippen LogP contribution < -0.4 is 24.8 Å². The van der Waals surface area contributed by atoms with Crippen molar-refractivity contribution in [1.82, 2.24) is 0 Å². The van der Waals surface area contributed by atoms with Crippen LogP contribution in [0.5, 0.6) is 0 Å². The first kappa shape index (κ1) is 40.3. The van der Waals surface area contributed by atoms with Crippen molar-refractivity contribution < 1.29 is 49.0 Å². The van der Waals surface area contributed by atoms with Gasteiger partial charge in [-0.15, -0.1) is 5.56 Å². The van der Waals surface area contributed by atoms with Crippen molar-refractivity contribution in [2.24, 2.45) is 11.3 Å². The molecule has 0 N–H and O–H groups in total. The zero-order chi connectivity index (χ0) is 30.6. The van der Waals surface area contributed by atoms with Crippen molar-refractivity contribution in [2.45, 2.75) is 138 Å². The van der Waals surface area contributed by atoms with Crippen LogP contribution in [0.1, 0.15) is 143 Å². The first-order valence-corrected chi connectivity index (χ1v) is 17.4. The second-order valence-corrected chi connectivity index (χ2v) is 17.1. The van der Waals surface area contributed by atoms with Gasteiger partial charge in [0, 0.05) is 0 Å². The van der Waals surface area contributed by atoms with E-state index in [4.69, 9.17) is 0 Å². The van der Waals surface area contributed by atoms with Gasteiger partial charge in [-0.2, -0.15) is 41.0 Å². The Morgan fingerprint density at radius 1 is 0.767 bits per heavy atom. The first-order valence-electron chi connectivity index (χ1n) is 16.1. The Balaban J connectivity index is 0.000000360. The molecular formula is C40H56Cl2Zr-2. The van der Waals surface area contributed by atoms with E-state index in [1.807, 2.05) is 0 Å². The van der Waals surface area contributed by atoms with Crippen LogP contribution in [0.2, 0.25) is 0 Å². The molecule has 0 heterocycles. The third-order valence-corrected chi connectivity index (χ3v) is 9.87. The molecule has 3 heteroatoms. The number of rotatable bonds is 2. The molecule has 43 heavy (non-hydrogen) atoms. The summed E-state index contributed by atoms with van der Waals surface area (Å²) in [5, 5.41) is 0. The number of halogens is 2. The number of hydrogen-bond acceptors (Lipinski definition) is 0. The van der Waals surface area contributed by atoms with Gasteiger partial charge in [-0.05, 0) is 17.4 Å². The van der Waals surface area contributed by atoms with Crippen molar-refractivity contribution in [3.05, 3.63) is 82.0 Å². The fourth-order valence-corrected chi connectivity index (χ4v) is 6.69. The van der Waals surface area contributed by atoms with E-state index in [-0.39, 0.29) is 35.6 Å². The minimum absolute atomic E-state index is 0. The van der Waals surface area contributed by atoms with Gasteiger partial charge in [0.1, 0.15) is 0 Å². The molecule has 3 aliphatic rings. The Labute approximate surface area is 293 Å². The van der Waals surface area contributed by atoms with Crippen LogP contribution in [0, 0.1) is 23.5 Å². The van der Waals surface area contributed by atoms with E-state index in [1.165, 1.54) is 83.1 Å². The van der Waals surface area contributed by atoms with Crippen molar-refractivity contribution in [1.29, 1.82) is 0 Å². The summed E-state index contributed by atoms with van der Waals surface area (Å²) in [6, 6.07) is 15.1. The fourth-order valence-electron chi connectivity index (χ4n) is 5.82. The molecule has 3 aliphatic carbocycles. The summed E-state index contributed by atoms with van der Waals surface area (Å²) in [7, 11) is 0. The molecule has 0 aliphatic heterocycles. The van der Waals surface area contributed by atoms with Gasteiger partial charge in [0.15, 0.2) is 0 Å². The van der Waals surface area contributed by atoms with Gasteiger partial charge in [0.2, 0.25) is 0 Å². The summed E-state index contributed by atoms with van der Waals surface area (Å²) in [4.78, 5) is 0. The Hall–Kier alpha value is -0.747. The predicted octanol–water partition coefficient (Wildman–Crippen LogP) is 5.47. The molecule has 5 rings (SSSR count). The standard InChI is InChI=1S/C21H25.C13H21.C6H10.2ClH.Zr/c1-20(2,3)16-9-7-14-11-15-8-10-17(21(4,5)6)13-19(15)18(14)12-16;1-6-10-8-11(7-2)12(9-10)13(3,4)5;1-2-4-6-5-3-1;;;/h7,9-10,12-13H,11H2,1-6H3;9-10H,6-7H2,1-5H3;1-5H2;2*1H;/q2*-1;;;;+2/p-2. The Bertz CT molecular complexity index is 1210. The van der Waals surface area contributed by atoms with Gasteiger partial charge < -0.3 is 24.8 Å². The van der Waals surface area contributed by atoms with Crippen LogP contribution >= 0.6 is 0 Å². The van der Waals surface area contributed by atoms with Gasteiger partial charge in [0.05, 0.1) is 0 Å². The van der Waals surface area contributed by atoms with Crippen LogP contribution in [0.25, 0.3) is 11.1 Å². The van der Waals surface area contributed by atoms with Gasteiger partial charge in [0.25, 0.3) is 0 Å². The Morgan fingerprint density at radius 2 is 1.35 bits per heavy atom. The molecule has 0 bridgehead atoms. The SMILES string of the molecule is CC(C)(C)c1c[c-]c2c(c1)-c1cc(C(C)(C)C)ccc1C2.CCC1=[C-]C(CC)C=C1C(C)(C)C.[Cl-].[Cl-].[Zr+2]=[C]1CCCCC1. The molecule has 0 saturated heterocycles. The van der Waals surface area contributed by atoms with Crippen LogP contribution in [-0.2, 0) is 41.5 Å². The molecule has 0 radical (unpaired) electrons. The van der Waals surface area contributed by atoms with Crippen molar-refractivity contribution in [3.8, 4) is 11.1 Å². The molecule has 1 fully saturated rings. The molecule has 0 spiro atoms. The Kier molecular flexibility index (Phi) is 15.6. The van der Waals surface area contributed by atoms with Crippen LogP contribution in [-0.4, -0.2) is 3.21 Å². The first-order chi connectivity index (χ1) is 19.0. The molecule has 2 aromatic rings. The average molecular weight is 699 g/mol.